The van der Waals surface area contributed by atoms with Crippen molar-refractivity contribution in [3.63, 3.8) is 0 Å². The van der Waals surface area contributed by atoms with Crippen molar-refractivity contribution in [3.8, 4) is 0 Å². The Hall–Kier alpha value is -2.16. The lowest BCUT2D eigenvalue weighted by Gasteiger charge is -2.03. The molecule has 3 heteroatoms. The zero-order valence-electron chi connectivity index (χ0n) is 9.06. The van der Waals surface area contributed by atoms with E-state index in [-0.39, 0.29) is 11.4 Å². The molecule has 86 valence electrons. The maximum absolute atomic E-state index is 13.4. The van der Waals surface area contributed by atoms with E-state index < -0.39 is 5.97 Å². The zero-order valence-corrected chi connectivity index (χ0v) is 9.06. The molecule has 0 aliphatic heterocycles. The van der Waals surface area contributed by atoms with Gasteiger partial charge in [0.1, 0.15) is 5.82 Å². The molecule has 0 aliphatic rings. The van der Waals surface area contributed by atoms with E-state index in [1.165, 1.54) is 18.2 Å². The molecule has 2 aromatic carbocycles. The van der Waals surface area contributed by atoms with Crippen LogP contribution in [0.3, 0.4) is 0 Å². The van der Waals surface area contributed by atoms with E-state index >= 15 is 0 Å². The molecule has 0 amide bonds. The first kappa shape index (κ1) is 11.3. The van der Waals surface area contributed by atoms with Crippen LogP contribution < -0.4 is 0 Å². The molecule has 0 aromatic heterocycles. The van der Waals surface area contributed by atoms with Gasteiger partial charge < -0.3 is 5.11 Å². The maximum atomic E-state index is 13.4. The molecule has 2 aromatic rings. The monoisotopic (exact) mass is 230 g/mol. The molecule has 0 heterocycles. The Labute approximate surface area is 98.3 Å². The van der Waals surface area contributed by atoms with E-state index in [1.54, 1.807) is 30.3 Å². The third-order valence-electron chi connectivity index (χ3n) is 2.55. The molecule has 0 fully saturated rings. The Balaban J connectivity index is 2.20. The minimum Gasteiger partial charge on any atom is -0.478 e. The highest BCUT2D eigenvalue weighted by Gasteiger charge is 2.04. The number of hydrogen-bond acceptors (Lipinski definition) is 1. The summed E-state index contributed by atoms with van der Waals surface area (Å²) in [5.41, 5.74) is 1.73. The highest BCUT2D eigenvalue weighted by Crippen LogP contribution is 2.13. The van der Waals surface area contributed by atoms with Gasteiger partial charge in [-0.1, -0.05) is 30.3 Å². The summed E-state index contributed by atoms with van der Waals surface area (Å²) in [5, 5.41) is 8.75. The van der Waals surface area contributed by atoms with Gasteiger partial charge >= 0.3 is 5.97 Å². The Morgan fingerprint density at radius 2 is 1.71 bits per heavy atom. The number of carboxylic acids is 1. The predicted molar refractivity (Wildman–Crippen MR) is 62.6 cm³/mol. The summed E-state index contributed by atoms with van der Waals surface area (Å²) in [6.45, 7) is 0. The third kappa shape index (κ3) is 2.69. The van der Waals surface area contributed by atoms with E-state index in [4.69, 9.17) is 5.11 Å². The highest BCUT2D eigenvalue weighted by atomic mass is 19.1. The second-order valence-corrected chi connectivity index (χ2v) is 3.77. The molecule has 1 N–H and O–H groups in total. The van der Waals surface area contributed by atoms with Gasteiger partial charge in [-0.2, -0.15) is 0 Å². The van der Waals surface area contributed by atoms with Crippen molar-refractivity contribution in [2.45, 2.75) is 6.42 Å². The zero-order chi connectivity index (χ0) is 12.3. The van der Waals surface area contributed by atoms with Crippen molar-refractivity contribution in [2.24, 2.45) is 0 Å². The fourth-order valence-corrected chi connectivity index (χ4v) is 1.63. The fourth-order valence-electron chi connectivity index (χ4n) is 1.63. The first-order chi connectivity index (χ1) is 8.16. The molecule has 0 aliphatic carbocycles. The van der Waals surface area contributed by atoms with E-state index in [1.807, 2.05) is 0 Å². The molecule has 0 unspecified atom stereocenters. The van der Waals surface area contributed by atoms with Crippen molar-refractivity contribution >= 4 is 5.97 Å². The van der Waals surface area contributed by atoms with Crippen molar-refractivity contribution in [1.29, 1.82) is 0 Å². The molecule has 2 nitrogen and oxygen atoms in total. The van der Waals surface area contributed by atoms with Gasteiger partial charge in [-0.05, 0) is 29.3 Å². The molecular weight excluding hydrogens is 219 g/mol. The minimum atomic E-state index is -0.956. The lowest BCUT2D eigenvalue weighted by Crippen LogP contribution is -1.97. The number of aromatic carboxylic acids is 1. The maximum Gasteiger partial charge on any atom is 0.335 e. The van der Waals surface area contributed by atoms with Crippen LogP contribution in [0, 0.1) is 5.82 Å². The fraction of sp³-hybridized carbons (Fsp3) is 0.0714. The van der Waals surface area contributed by atoms with E-state index in [2.05, 4.69) is 0 Å². The predicted octanol–water partition coefficient (Wildman–Crippen LogP) is 3.11. The molecule has 0 saturated carbocycles. The van der Waals surface area contributed by atoms with Crippen LogP contribution in [0.5, 0.6) is 0 Å². The molecule has 2 rings (SSSR count). The molecule has 0 atom stereocenters. The van der Waals surface area contributed by atoms with E-state index in [0.29, 0.717) is 12.0 Å². The van der Waals surface area contributed by atoms with Gasteiger partial charge in [0.25, 0.3) is 0 Å². The van der Waals surface area contributed by atoms with Gasteiger partial charge in [-0.3, -0.25) is 0 Å². The van der Waals surface area contributed by atoms with Crippen LogP contribution in [0.4, 0.5) is 4.39 Å². The molecule has 0 bridgehead atoms. The summed E-state index contributed by atoms with van der Waals surface area (Å²) < 4.78 is 13.4. The SMILES string of the molecule is O=C(O)c1ccc(Cc2ccccc2F)cc1. The molecular formula is C14H11FO2. The lowest BCUT2D eigenvalue weighted by atomic mass is 10.0. The summed E-state index contributed by atoms with van der Waals surface area (Å²) in [6, 6.07) is 13.0. The minimum absolute atomic E-state index is 0.238. The topological polar surface area (TPSA) is 37.3 Å². The lowest BCUT2D eigenvalue weighted by molar-refractivity contribution is 0.0697. The molecule has 0 spiro atoms. The van der Waals surface area contributed by atoms with E-state index in [0.717, 1.165) is 5.56 Å². The van der Waals surface area contributed by atoms with Gasteiger partial charge in [0, 0.05) is 6.42 Å². The second kappa shape index (κ2) is 4.78. The third-order valence-corrected chi connectivity index (χ3v) is 2.55. The number of rotatable bonds is 3. The smallest absolute Gasteiger partial charge is 0.335 e. The van der Waals surface area contributed by atoms with Crippen LogP contribution in [0.25, 0.3) is 0 Å². The average Bonchev–Trinajstić information content (AvgIpc) is 2.33. The summed E-state index contributed by atoms with van der Waals surface area (Å²) in [6.07, 6.45) is 0.465. The number of hydrogen-bond donors (Lipinski definition) is 1. The molecule has 17 heavy (non-hydrogen) atoms. The largest absolute Gasteiger partial charge is 0.478 e. The summed E-state index contributed by atoms with van der Waals surface area (Å²) >= 11 is 0. The van der Waals surface area contributed by atoms with Crippen LogP contribution in [-0.2, 0) is 6.42 Å². The van der Waals surface area contributed by atoms with Crippen molar-refractivity contribution < 1.29 is 14.3 Å². The van der Waals surface area contributed by atoms with Gasteiger partial charge in [0.05, 0.1) is 5.56 Å². The number of benzene rings is 2. The Bertz CT molecular complexity index is 532. The Morgan fingerprint density at radius 3 is 2.29 bits per heavy atom. The van der Waals surface area contributed by atoms with Crippen molar-refractivity contribution in [3.05, 3.63) is 71.0 Å². The van der Waals surface area contributed by atoms with Gasteiger partial charge in [-0.25, -0.2) is 9.18 Å². The van der Waals surface area contributed by atoms with Crippen molar-refractivity contribution in [1.82, 2.24) is 0 Å². The summed E-state index contributed by atoms with van der Waals surface area (Å²) in [5.74, 6) is -1.20. The van der Waals surface area contributed by atoms with Crippen molar-refractivity contribution in [2.75, 3.05) is 0 Å². The quantitative estimate of drug-likeness (QED) is 0.879. The van der Waals surface area contributed by atoms with E-state index in [9.17, 15) is 9.18 Å². The van der Waals surface area contributed by atoms with Crippen LogP contribution in [0.2, 0.25) is 0 Å². The van der Waals surface area contributed by atoms with Crippen LogP contribution in [-0.4, -0.2) is 11.1 Å². The van der Waals surface area contributed by atoms with Crippen LogP contribution in [0.15, 0.2) is 48.5 Å². The first-order valence-corrected chi connectivity index (χ1v) is 5.22. The first-order valence-electron chi connectivity index (χ1n) is 5.22. The summed E-state index contributed by atoms with van der Waals surface area (Å²) in [7, 11) is 0. The normalized spacial score (nSPS) is 10.2. The van der Waals surface area contributed by atoms with Crippen LogP contribution >= 0.6 is 0 Å². The van der Waals surface area contributed by atoms with Gasteiger partial charge in [-0.15, -0.1) is 0 Å². The van der Waals surface area contributed by atoms with Gasteiger partial charge in [0.2, 0.25) is 0 Å². The molecule has 0 saturated heterocycles. The average molecular weight is 230 g/mol. The number of halogens is 1. The number of carboxylic acid groups (broad SMARTS) is 1. The van der Waals surface area contributed by atoms with Crippen LogP contribution in [0.1, 0.15) is 21.5 Å². The Kier molecular flexibility index (Phi) is 3.19. The summed E-state index contributed by atoms with van der Waals surface area (Å²) in [4.78, 5) is 10.7. The Morgan fingerprint density at radius 1 is 1.06 bits per heavy atom. The standard InChI is InChI=1S/C14H11FO2/c15-13-4-2-1-3-12(13)9-10-5-7-11(8-6-10)14(16)17/h1-8H,9H2,(H,16,17). The number of carbonyl (C=O) groups is 1. The van der Waals surface area contributed by atoms with Gasteiger partial charge in [0.15, 0.2) is 0 Å². The second-order valence-electron chi connectivity index (χ2n) is 3.77. The molecule has 0 radical (unpaired) electrons. The highest BCUT2D eigenvalue weighted by molar-refractivity contribution is 5.87.